The Balaban J connectivity index is 0.000000433. The molecule has 0 fully saturated rings. The molecule has 1 rings (SSSR count). The zero-order valence-electron chi connectivity index (χ0n) is 14.7. The normalized spacial score (nSPS) is 10.0. The maximum atomic E-state index is 10.8. The second-order valence-corrected chi connectivity index (χ2v) is 5.84. The van der Waals surface area contributed by atoms with Crippen molar-refractivity contribution >= 4 is 17.3 Å². The van der Waals surface area contributed by atoms with Crippen molar-refractivity contribution in [1.29, 1.82) is 0 Å². The van der Waals surface area contributed by atoms with Gasteiger partial charge in [-0.25, -0.2) is 0 Å². The number of Topliss-reactive ketones (excluding diaryl/α,β-unsaturated/α-hetero) is 3. The topological polar surface area (TPSA) is 74.7 Å². The molecule has 0 saturated carbocycles. The van der Waals surface area contributed by atoms with Crippen LogP contribution in [0.15, 0.2) is 18.2 Å². The maximum absolute atomic E-state index is 10.8. The van der Waals surface area contributed by atoms with E-state index in [1.54, 1.807) is 4.90 Å². The van der Waals surface area contributed by atoms with E-state index in [2.05, 4.69) is 6.07 Å². The molecule has 1 aromatic carbocycles. The van der Waals surface area contributed by atoms with Crippen molar-refractivity contribution < 1.29 is 19.5 Å². The van der Waals surface area contributed by atoms with E-state index in [9.17, 15) is 14.4 Å². The molecule has 0 bridgehead atoms. The van der Waals surface area contributed by atoms with E-state index in [4.69, 9.17) is 5.11 Å². The highest BCUT2D eigenvalue weighted by molar-refractivity contribution is 5.83. The minimum Gasteiger partial charge on any atom is -0.392 e. The minimum atomic E-state index is -0.0394. The third-order valence-corrected chi connectivity index (χ3v) is 3.01. The van der Waals surface area contributed by atoms with E-state index < -0.39 is 0 Å². The van der Waals surface area contributed by atoms with Crippen molar-refractivity contribution in [2.24, 2.45) is 0 Å². The first-order valence-electron chi connectivity index (χ1n) is 7.53. The molecule has 0 saturated heterocycles. The van der Waals surface area contributed by atoms with E-state index in [-0.39, 0.29) is 43.6 Å². The van der Waals surface area contributed by atoms with Gasteiger partial charge in [0.25, 0.3) is 0 Å². The number of rotatable bonds is 7. The predicted octanol–water partition coefficient (Wildman–Crippen LogP) is 1.85. The van der Waals surface area contributed by atoms with Gasteiger partial charge in [0.1, 0.15) is 17.3 Å². The van der Waals surface area contributed by atoms with E-state index in [1.165, 1.54) is 31.9 Å². The molecule has 0 heterocycles. The Bertz CT molecular complexity index is 514. The van der Waals surface area contributed by atoms with Gasteiger partial charge in [0.05, 0.1) is 26.2 Å². The summed E-state index contributed by atoms with van der Waals surface area (Å²) in [7, 11) is 0. The summed E-state index contributed by atoms with van der Waals surface area (Å²) in [6.07, 6.45) is 0. The van der Waals surface area contributed by atoms with Gasteiger partial charge < -0.3 is 5.11 Å². The van der Waals surface area contributed by atoms with Gasteiger partial charge in [-0.3, -0.25) is 19.3 Å². The molecular formula is C18H27NO4. The number of aliphatic hydroxyl groups excluding tert-OH is 1. The monoisotopic (exact) mass is 321 g/mol. The standard InChI is InChI=1S/C9H15NO3.C9H12O/c1-7(11)4-10(5-8(2)12)6-9(3)13;1-7-3-4-9(6-10)8(2)5-7/h4-6H2,1-3H3;3-5,10H,6H2,1-2H3. The molecule has 0 aliphatic heterocycles. The highest BCUT2D eigenvalue weighted by atomic mass is 16.3. The molecule has 1 N–H and O–H groups in total. The summed E-state index contributed by atoms with van der Waals surface area (Å²) < 4.78 is 0. The summed E-state index contributed by atoms with van der Waals surface area (Å²) in [5.41, 5.74) is 3.43. The fourth-order valence-electron chi connectivity index (χ4n) is 2.14. The van der Waals surface area contributed by atoms with Crippen LogP contribution in [0.3, 0.4) is 0 Å². The third-order valence-electron chi connectivity index (χ3n) is 3.01. The van der Waals surface area contributed by atoms with Gasteiger partial charge in [-0.2, -0.15) is 0 Å². The SMILES string of the molecule is CC(=O)CN(CC(C)=O)CC(C)=O.Cc1ccc(CO)c(C)c1. The number of carbonyl (C=O) groups excluding carboxylic acids is 3. The molecule has 128 valence electrons. The zero-order chi connectivity index (χ0) is 18.0. The molecule has 23 heavy (non-hydrogen) atoms. The van der Waals surface area contributed by atoms with Crippen LogP contribution in [0.2, 0.25) is 0 Å². The van der Waals surface area contributed by atoms with Crippen molar-refractivity contribution in [3.05, 3.63) is 34.9 Å². The fraction of sp³-hybridized carbons (Fsp3) is 0.500. The number of hydrogen-bond acceptors (Lipinski definition) is 5. The van der Waals surface area contributed by atoms with Crippen LogP contribution in [-0.2, 0) is 21.0 Å². The first kappa shape index (κ1) is 21.1. The molecule has 0 atom stereocenters. The highest BCUT2D eigenvalue weighted by Gasteiger charge is 2.11. The van der Waals surface area contributed by atoms with E-state index in [0.717, 1.165) is 5.56 Å². The Hall–Kier alpha value is -1.85. The number of benzene rings is 1. The average molecular weight is 321 g/mol. The Kier molecular flexibility index (Phi) is 9.94. The van der Waals surface area contributed by atoms with Crippen LogP contribution >= 0.6 is 0 Å². The van der Waals surface area contributed by atoms with Crippen molar-refractivity contribution in [2.75, 3.05) is 19.6 Å². The van der Waals surface area contributed by atoms with Crippen LogP contribution in [0.1, 0.15) is 37.5 Å². The first-order valence-corrected chi connectivity index (χ1v) is 7.53. The quantitative estimate of drug-likeness (QED) is 0.829. The molecule has 0 aromatic heterocycles. The number of hydrogen-bond donors (Lipinski definition) is 1. The summed E-state index contributed by atoms with van der Waals surface area (Å²) in [5, 5.41) is 8.81. The minimum absolute atomic E-state index is 0.0394. The van der Waals surface area contributed by atoms with Gasteiger partial charge in [0, 0.05) is 0 Å². The van der Waals surface area contributed by atoms with Gasteiger partial charge in [-0.05, 0) is 45.7 Å². The highest BCUT2D eigenvalue weighted by Crippen LogP contribution is 2.09. The molecule has 0 spiro atoms. The second-order valence-electron chi connectivity index (χ2n) is 5.84. The summed E-state index contributed by atoms with van der Waals surface area (Å²) in [6, 6.07) is 6.05. The molecule has 0 radical (unpaired) electrons. The van der Waals surface area contributed by atoms with Crippen LogP contribution in [0.5, 0.6) is 0 Å². The Morgan fingerprint density at radius 3 is 1.65 bits per heavy atom. The second kappa shape index (κ2) is 10.8. The zero-order valence-corrected chi connectivity index (χ0v) is 14.7. The molecule has 5 heteroatoms. The Morgan fingerprint density at radius 1 is 0.913 bits per heavy atom. The van der Waals surface area contributed by atoms with Crippen LogP contribution < -0.4 is 0 Å². The summed E-state index contributed by atoms with van der Waals surface area (Å²) in [5.74, 6) is -0.118. The fourth-order valence-corrected chi connectivity index (χ4v) is 2.14. The smallest absolute Gasteiger partial charge is 0.143 e. The van der Waals surface area contributed by atoms with Crippen molar-refractivity contribution in [1.82, 2.24) is 4.90 Å². The number of nitrogens with zero attached hydrogens (tertiary/aromatic N) is 1. The van der Waals surface area contributed by atoms with E-state index >= 15 is 0 Å². The molecule has 5 nitrogen and oxygen atoms in total. The van der Waals surface area contributed by atoms with Gasteiger partial charge in [0.2, 0.25) is 0 Å². The largest absolute Gasteiger partial charge is 0.392 e. The molecular weight excluding hydrogens is 294 g/mol. The molecule has 0 aliphatic carbocycles. The first-order chi connectivity index (χ1) is 10.6. The van der Waals surface area contributed by atoms with Crippen LogP contribution in [0, 0.1) is 13.8 Å². The number of aryl methyl sites for hydroxylation is 2. The summed E-state index contributed by atoms with van der Waals surface area (Å²) in [4.78, 5) is 33.8. The Morgan fingerprint density at radius 2 is 1.35 bits per heavy atom. The van der Waals surface area contributed by atoms with E-state index in [0.29, 0.717) is 0 Å². The number of ketones is 3. The van der Waals surface area contributed by atoms with E-state index in [1.807, 2.05) is 26.0 Å². The van der Waals surface area contributed by atoms with Crippen LogP contribution in [-0.4, -0.2) is 47.0 Å². The maximum Gasteiger partial charge on any atom is 0.143 e. The molecule has 0 unspecified atom stereocenters. The Labute approximate surface area is 138 Å². The average Bonchev–Trinajstić information content (AvgIpc) is 2.37. The lowest BCUT2D eigenvalue weighted by Gasteiger charge is -2.17. The lowest BCUT2D eigenvalue weighted by molar-refractivity contribution is -0.123. The van der Waals surface area contributed by atoms with Crippen LogP contribution in [0.4, 0.5) is 0 Å². The molecule has 1 aromatic rings. The van der Waals surface area contributed by atoms with Crippen molar-refractivity contribution in [3.8, 4) is 0 Å². The third kappa shape index (κ3) is 10.5. The number of carbonyl (C=O) groups is 3. The van der Waals surface area contributed by atoms with Gasteiger partial charge in [-0.1, -0.05) is 23.8 Å². The summed E-state index contributed by atoms with van der Waals surface area (Å²) in [6.45, 7) is 9.02. The van der Waals surface area contributed by atoms with Gasteiger partial charge in [-0.15, -0.1) is 0 Å². The number of aliphatic hydroxyl groups is 1. The predicted molar refractivity (Wildman–Crippen MR) is 90.3 cm³/mol. The van der Waals surface area contributed by atoms with Crippen molar-refractivity contribution in [3.63, 3.8) is 0 Å². The van der Waals surface area contributed by atoms with Crippen LogP contribution in [0.25, 0.3) is 0 Å². The van der Waals surface area contributed by atoms with Crippen molar-refractivity contribution in [2.45, 2.75) is 41.2 Å². The lowest BCUT2D eigenvalue weighted by Crippen LogP contribution is -2.36. The lowest BCUT2D eigenvalue weighted by atomic mass is 10.1. The van der Waals surface area contributed by atoms with Gasteiger partial charge >= 0.3 is 0 Å². The summed E-state index contributed by atoms with van der Waals surface area (Å²) >= 11 is 0. The van der Waals surface area contributed by atoms with Gasteiger partial charge in [0.15, 0.2) is 0 Å². The molecule has 0 amide bonds. The molecule has 0 aliphatic rings.